The zero-order valence-corrected chi connectivity index (χ0v) is 28.8. The molecule has 0 atom stereocenters. The molecule has 0 aliphatic carbocycles. The van der Waals surface area contributed by atoms with E-state index in [1.54, 1.807) is 19.9 Å². The van der Waals surface area contributed by atoms with E-state index < -0.39 is 11.7 Å². The maximum Gasteiger partial charge on any atom is 0.416 e. The van der Waals surface area contributed by atoms with Crippen molar-refractivity contribution in [2.45, 2.75) is 95.7 Å². The third kappa shape index (κ3) is 32.8. The number of nitrogens with two attached hydrogens (primary N) is 1. The molecule has 0 fully saturated rings. The number of nitrogens with one attached hydrogen (secondary N) is 1. The Kier molecular flexibility index (Phi) is 33.9. The number of rotatable bonds is 4. The highest BCUT2D eigenvalue weighted by molar-refractivity contribution is 5.72. The van der Waals surface area contributed by atoms with Crippen LogP contribution in [0.25, 0.3) is 0 Å². The van der Waals surface area contributed by atoms with E-state index in [1.165, 1.54) is 17.2 Å². The van der Waals surface area contributed by atoms with Crippen molar-refractivity contribution in [3.63, 3.8) is 0 Å². The molecule has 6 heteroatoms. The van der Waals surface area contributed by atoms with E-state index >= 15 is 0 Å². The van der Waals surface area contributed by atoms with Crippen LogP contribution in [0.15, 0.2) is 96.3 Å². The second kappa shape index (κ2) is 31.4. The van der Waals surface area contributed by atoms with Crippen molar-refractivity contribution in [3.05, 3.63) is 119 Å². The molecular weight excluding hydrogens is 545 g/mol. The molecule has 0 heterocycles. The topological polar surface area (TPSA) is 55.1 Å². The minimum absolute atomic E-state index is 0.275. The van der Waals surface area contributed by atoms with Gasteiger partial charge in [-0.2, -0.15) is 13.2 Å². The number of allylic oxidation sites excluding steroid dienone is 2. The molecule has 0 saturated heterocycles. The molecule has 3 N–H and O–H groups in total. The molecule has 0 bridgehead atoms. The molecule has 0 radical (unpaired) electrons. The Morgan fingerprint density at radius 3 is 1.47 bits per heavy atom. The standard InChI is InChI=1S/C8H7F3.C8H10.C7H8.C6H12N2O.C4H10.2C2H6/c1-6-3-2-4-7(5-6)8(9,10)11;1-2-8-6-4-3-5-7-8;1-7-5-3-2-4-6-7;1-3-8-5(2)6(7)4-9;1-4(2)3;2*1-2/h2-5H,1H3;3-7H,2H2,1H3;2-6H,1H3;4,8H,3,7H2,1-2H3;4H,1-3H3;2*1-2H3/b;;;6-5-;;;. The van der Waals surface area contributed by atoms with E-state index in [9.17, 15) is 18.0 Å². The molecule has 0 unspecified atom stereocenters. The van der Waals surface area contributed by atoms with E-state index in [-0.39, 0.29) is 5.70 Å². The molecule has 43 heavy (non-hydrogen) atoms. The van der Waals surface area contributed by atoms with Gasteiger partial charge in [0.05, 0.1) is 11.3 Å². The highest BCUT2D eigenvalue weighted by atomic mass is 19.4. The van der Waals surface area contributed by atoms with E-state index in [0.717, 1.165) is 36.7 Å². The van der Waals surface area contributed by atoms with Crippen LogP contribution < -0.4 is 11.1 Å². The van der Waals surface area contributed by atoms with E-state index in [4.69, 9.17) is 5.73 Å². The zero-order chi connectivity index (χ0) is 34.3. The van der Waals surface area contributed by atoms with Gasteiger partial charge >= 0.3 is 6.18 Å². The first-order valence-electron chi connectivity index (χ1n) is 15.1. The van der Waals surface area contributed by atoms with Crippen LogP contribution in [-0.2, 0) is 17.4 Å². The zero-order valence-electron chi connectivity index (χ0n) is 28.8. The van der Waals surface area contributed by atoms with Crippen molar-refractivity contribution >= 4 is 6.29 Å². The molecule has 3 aromatic carbocycles. The van der Waals surface area contributed by atoms with Crippen LogP contribution in [0.5, 0.6) is 0 Å². The summed E-state index contributed by atoms with van der Waals surface area (Å²) < 4.78 is 35.9. The third-order valence-corrected chi connectivity index (χ3v) is 4.54. The number of carbonyl (C=O) groups is 1. The van der Waals surface area contributed by atoms with Gasteiger partial charge in [0.2, 0.25) is 0 Å². The predicted octanol–water partition coefficient (Wildman–Crippen LogP) is 11.0. The summed E-state index contributed by atoms with van der Waals surface area (Å²) in [7, 11) is 0. The van der Waals surface area contributed by atoms with Gasteiger partial charge in [-0.15, -0.1) is 0 Å². The van der Waals surface area contributed by atoms with Crippen molar-refractivity contribution in [2.24, 2.45) is 11.7 Å². The Morgan fingerprint density at radius 1 is 0.791 bits per heavy atom. The van der Waals surface area contributed by atoms with Gasteiger partial charge in [0.15, 0.2) is 6.29 Å². The van der Waals surface area contributed by atoms with Gasteiger partial charge in [0.1, 0.15) is 0 Å². The number of benzene rings is 3. The second-order valence-electron chi connectivity index (χ2n) is 9.32. The van der Waals surface area contributed by atoms with Crippen LogP contribution in [0, 0.1) is 19.8 Å². The Hall–Kier alpha value is -3.54. The lowest BCUT2D eigenvalue weighted by Gasteiger charge is -2.05. The van der Waals surface area contributed by atoms with Gasteiger partial charge in [-0.25, -0.2) is 0 Å². The number of hydrogen-bond acceptors (Lipinski definition) is 3. The van der Waals surface area contributed by atoms with Gasteiger partial charge in [0.25, 0.3) is 0 Å². The highest BCUT2D eigenvalue weighted by Crippen LogP contribution is 2.29. The number of carbonyl (C=O) groups excluding carboxylic acids is 1. The third-order valence-electron chi connectivity index (χ3n) is 4.54. The normalized spacial score (nSPS) is 9.77. The summed E-state index contributed by atoms with van der Waals surface area (Å²) in [6, 6.07) is 25.9. The lowest BCUT2D eigenvalue weighted by molar-refractivity contribution is -0.137. The molecule has 3 rings (SSSR count). The predicted molar refractivity (Wildman–Crippen MR) is 183 cm³/mol. The summed E-state index contributed by atoms with van der Waals surface area (Å²) >= 11 is 0. The number of alkyl halides is 3. The van der Waals surface area contributed by atoms with Crippen LogP contribution in [0.2, 0.25) is 0 Å². The molecule has 0 amide bonds. The molecule has 0 aliphatic rings. The van der Waals surface area contributed by atoms with Crippen LogP contribution in [0.4, 0.5) is 13.2 Å². The van der Waals surface area contributed by atoms with Crippen LogP contribution in [0.3, 0.4) is 0 Å². The Morgan fingerprint density at radius 2 is 1.21 bits per heavy atom. The fourth-order valence-corrected chi connectivity index (χ4v) is 2.53. The smallest absolute Gasteiger partial charge is 0.395 e. The van der Waals surface area contributed by atoms with E-state index in [2.05, 4.69) is 76.3 Å². The highest BCUT2D eigenvalue weighted by Gasteiger charge is 2.29. The van der Waals surface area contributed by atoms with E-state index in [1.807, 2.05) is 58.9 Å². The quantitative estimate of drug-likeness (QED) is 0.230. The molecule has 0 aromatic heterocycles. The molecule has 0 aliphatic heterocycles. The Balaban J connectivity index is -0.000000220. The number of aryl methyl sites for hydroxylation is 3. The van der Waals surface area contributed by atoms with Crippen molar-refractivity contribution in [1.29, 1.82) is 0 Å². The monoisotopic (exact) mass is 604 g/mol. The Bertz CT molecular complexity index is 1030. The average molecular weight is 605 g/mol. The van der Waals surface area contributed by atoms with Gasteiger partial charge in [0, 0.05) is 12.2 Å². The van der Waals surface area contributed by atoms with Gasteiger partial charge in [-0.05, 0) is 51.7 Å². The lowest BCUT2D eigenvalue weighted by atomic mass is 10.1. The molecule has 244 valence electrons. The van der Waals surface area contributed by atoms with Gasteiger partial charge in [-0.1, -0.05) is 145 Å². The number of hydrogen-bond donors (Lipinski definition) is 2. The summed E-state index contributed by atoms with van der Waals surface area (Å²) in [5.74, 6) is 0.833. The number of halogens is 3. The lowest BCUT2D eigenvalue weighted by Crippen LogP contribution is -2.16. The summed E-state index contributed by atoms with van der Waals surface area (Å²) in [6.45, 7) is 24.9. The largest absolute Gasteiger partial charge is 0.416 e. The van der Waals surface area contributed by atoms with Gasteiger partial charge in [-0.3, -0.25) is 4.79 Å². The summed E-state index contributed by atoms with van der Waals surface area (Å²) in [4.78, 5) is 10.00. The van der Waals surface area contributed by atoms with Crippen molar-refractivity contribution < 1.29 is 18.0 Å². The maximum absolute atomic E-state index is 12.0. The van der Waals surface area contributed by atoms with Crippen molar-refractivity contribution in [1.82, 2.24) is 5.32 Å². The minimum atomic E-state index is -4.22. The fraction of sp³-hybridized carbons (Fsp3) is 0.432. The summed E-state index contributed by atoms with van der Waals surface area (Å²) in [6.07, 6.45) is -2.44. The first-order chi connectivity index (χ1) is 20.3. The van der Waals surface area contributed by atoms with Crippen LogP contribution >= 0.6 is 0 Å². The molecular formula is C37H59F3N2O. The fourth-order valence-electron chi connectivity index (χ4n) is 2.53. The van der Waals surface area contributed by atoms with Crippen molar-refractivity contribution in [3.8, 4) is 0 Å². The SMILES string of the molecule is CC.CC.CC(C)C.CCN/C(C)=C(\N)C=O.CCc1ccccc1.Cc1cccc(C(F)(F)F)c1.Cc1ccccc1. The molecule has 0 saturated carbocycles. The molecule has 3 nitrogen and oxygen atoms in total. The Labute approximate surface area is 261 Å². The molecule has 3 aromatic rings. The van der Waals surface area contributed by atoms with Crippen molar-refractivity contribution in [2.75, 3.05) is 6.54 Å². The molecule has 0 spiro atoms. The number of aldehydes is 1. The summed E-state index contributed by atoms with van der Waals surface area (Å²) in [5.41, 5.74) is 9.04. The second-order valence-corrected chi connectivity index (χ2v) is 9.32. The first-order valence-corrected chi connectivity index (χ1v) is 15.1. The van der Waals surface area contributed by atoms with Crippen LogP contribution in [-0.4, -0.2) is 12.8 Å². The average Bonchev–Trinajstić information content (AvgIpc) is 3.00. The summed E-state index contributed by atoms with van der Waals surface area (Å²) in [5, 5.41) is 2.92. The minimum Gasteiger partial charge on any atom is -0.395 e. The van der Waals surface area contributed by atoms with Crippen LogP contribution in [0.1, 0.15) is 91.5 Å². The van der Waals surface area contributed by atoms with Gasteiger partial charge < -0.3 is 11.1 Å². The maximum atomic E-state index is 12.0. The van der Waals surface area contributed by atoms with E-state index in [0.29, 0.717) is 11.8 Å². The first kappa shape index (κ1) is 46.4.